The maximum Gasteiger partial charge on any atom is 0.408 e. The topological polar surface area (TPSA) is 163 Å². The van der Waals surface area contributed by atoms with Crippen molar-refractivity contribution in [2.45, 2.75) is 95.4 Å². The number of carbonyl (C=O) groups excluding carboxylic acids is 4. The number of allylic oxidation sites excluding steroid dienone is 1. The Balaban J connectivity index is 1.53. The number of nitrogens with one attached hydrogen (secondary N) is 4. The van der Waals surface area contributed by atoms with Gasteiger partial charge >= 0.3 is 16.3 Å². The van der Waals surface area contributed by atoms with Gasteiger partial charge in [0.15, 0.2) is 0 Å². The average Bonchev–Trinajstić information content (AvgIpc) is 3.36. The Bertz CT molecular complexity index is 1360. The van der Waals surface area contributed by atoms with Crippen LogP contribution in [0.5, 0.6) is 0 Å². The van der Waals surface area contributed by atoms with Crippen LogP contribution >= 0.6 is 11.6 Å². The van der Waals surface area contributed by atoms with Crippen molar-refractivity contribution in [3.8, 4) is 0 Å². The van der Waals surface area contributed by atoms with Crippen LogP contribution in [0.15, 0.2) is 36.4 Å². The zero-order chi connectivity index (χ0) is 31.4. The molecule has 0 unspecified atom stereocenters. The molecule has 2 aliphatic heterocycles. The number of fused-ring (bicyclic) bond motifs is 2. The Hall–Kier alpha value is -3.32. The van der Waals surface area contributed by atoms with E-state index < -0.39 is 63.2 Å². The van der Waals surface area contributed by atoms with Crippen LogP contribution in [0.3, 0.4) is 0 Å². The molecular formula is C29H40ClN5O7S. The second kappa shape index (κ2) is 13.1. The van der Waals surface area contributed by atoms with E-state index in [-0.39, 0.29) is 12.1 Å². The van der Waals surface area contributed by atoms with Crippen molar-refractivity contribution in [3.63, 3.8) is 0 Å². The molecule has 2 heterocycles. The van der Waals surface area contributed by atoms with Gasteiger partial charge in [-0.1, -0.05) is 36.6 Å². The SMILES string of the molecule is CC(C)(C)OC(=O)N[C@H]1CCCCC/C=C\[C@H]2C[C@@]2(C(=O)NS(=O)(=O)Nc2ccc(Cl)cc2)NC(=O)[C@@H]2CCCN2C1=O. The van der Waals surface area contributed by atoms with E-state index in [9.17, 15) is 27.6 Å². The van der Waals surface area contributed by atoms with Gasteiger partial charge in [-0.2, -0.15) is 8.42 Å². The Morgan fingerprint density at radius 2 is 1.79 bits per heavy atom. The molecule has 4 rings (SSSR count). The van der Waals surface area contributed by atoms with Gasteiger partial charge in [0.05, 0.1) is 5.69 Å². The molecule has 0 bridgehead atoms. The van der Waals surface area contributed by atoms with Crippen molar-refractivity contribution in [2.24, 2.45) is 5.92 Å². The lowest BCUT2D eigenvalue weighted by molar-refractivity contribution is -0.141. The molecule has 1 saturated heterocycles. The van der Waals surface area contributed by atoms with Gasteiger partial charge in [0.2, 0.25) is 11.8 Å². The Kier molecular flexibility index (Phi) is 9.95. The number of nitrogens with zero attached hydrogens (tertiary/aromatic N) is 1. The van der Waals surface area contributed by atoms with Crippen LogP contribution in [-0.2, 0) is 29.3 Å². The van der Waals surface area contributed by atoms with E-state index in [0.29, 0.717) is 43.7 Å². The largest absolute Gasteiger partial charge is 0.444 e. The molecule has 4 N–H and O–H groups in total. The molecule has 1 aromatic rings. The Morgan fingerprint density at radius 3 is 2.49 bits per heavy atom. The van der Waals surface area contributed by atoms with Gasteiger partial charge in [-0.25, -0.2) is 9.52 Å². The normalized spacial score (nSPS) is 27.3. The van der Waals surface area contributed by atoms with Crippen molar-refractivity contribution in [3.05, 3.63) is 41.4 Å². The molecule has 236 valence electrons. The lowest BCUT2D eigenvalue weighted by Crippen LogP contribution is -2.58. The van der Waals surface area contributed by atoms with Crippen molar-refractivity contribution in [1.29, 1.82) is 0 Å². The van der Waals surface area contributed by atoms with E-state index in [2.05, 4.69) is 20.1 Å². The first-order chi connectivity index (χ1) is 20.2. The maximum atomic E-state index is 13.7. The molecule has 43 heavy (non-hydrogen) atoms. The molecule has 3 aliphatic rings. The van der Waals surface area contributed by atoms with Crippen LogP contribution in [0.2, 0.25) is 5.02 Å². The minimum atomic E-state index is -4.33. The number of halogens is 1. The first kappa shape index (κ1) is 32.6. The second-order valence-electron chi connectivity index (χ2n) is 12.3. The van der Waals surface area contributed by atoms with E-state index in [1.54, 1.807) is 20.8 Å². The van der Waals surface area contributed by atoms with Crippen molar-refractivity contribution in [2.75, 3.05) is 11.3 Å². The molecule has 1 saturated carbocycles. The predicted octanol–water partition coefficient (Wildman–Crippen LogP) is 3.39. The highest BCUT2D eigenvalue weighted by Gasteiger charge is 2.61. The Morgan fingerprint density at radius 1 is 1.07 bits per heavy atom. The summed E-state index contributed by atoms with van der Waals surface area (Å²) in [5.74, 6) is -2.23. The highest BCUT2D eigenvalue weighted by molar-refractivity contribution is 7.91. The lowest BCUT2D eigenvalue weighted by Gasteiger charge is -2.30. The summed E-state index contributed by atoms with van der Waals surface area (Å²) in [6, 6.07) is 4.16. The van der Waals surface area contributed by atoms with Crippen LogP contribution in [0.1, 0.15) is 72.1 Å². The summed E-state index contributed by atoms with van der Waals surface area (Å²) in [7, 11) is -4.33. The number of ether oxygens (including phenoxy) is 1. The molecule has 0 aromatic heterocycles. The third kappa shape index (κ3) is 8.62. The van der Waals surface area contributed by atoms with Crippen molar-refractivity contribution >= 4 is 51.3 Å². The first-order valence-electron chi connectivity index (χ1n) is 14.6. The Labute approximate surface area is 257 Å². The number of benzene rings is 1. The fraction of sp³-hybridized carbons (Fsp3) is 0.586. The molecule has 4 atom stereocenters. The third-order valence-corrected chi connectivity index (χ3v) is 8.86. The zero-order valence-corrected chi connectivity index (χ0v) is 26.2. The molecule has 14 heteroatoms. The summed E-state index contributed by atoms with van der Waals surface area (Å²) in [6.45, 7) is 5.51. The summed E-state index contributed by atoms with van der Waals surface area (Å²) in [4.78, 5) is 54.8. The van der Waals surface area contributed by atoms with Gasteiger partial charge in [0.25, 0.3) is 5.91 Å². The summed E-state index contributed by atoms with van der Waals surface area (Å²) in [5, 5.41) is 5.90. The van der Waals surface area contributed by atoms with Crippen LogP contribution in [-0.4, -0.2) is 66.9 Å². The zero-order valence-electron chi connectivity index (χ0n) is 24.7. The second-order valence-corrected chi connectivity index (χ2v) is 14.1. The molecule has 1 aromatic carbocycles. The number of hydrogen-bond acceptors (Lipinski definition) is 7. The van der Waals surface area contributed by atoms with E-state index >= 15 is 0 Å². The van der Waals surface area contributed by atoms with Gasteiger partial charge < -0.3 is 20.3 Å². The summed E-state index contributed by atoms with van der Waals surface area (Å²) >= 11 is 5.87. The number of hydrogen-bond donors (Lipinski definition) is 4. The molecule has 1 aliphatic carbocycles. The molecule has 2 fully saturated rings. The number of alkyl carbamates (subject to hydrolysis) is 1. The maximum absolute atomic E-state index is 13.7. The van der Waals surface area contributed by atoms with Gasteiger partial charge in [-0.3, -0.25) is 19.1 Å². The van der Waals surface area contributed by atoms with Gasteiger partial charge in [0, 0.05) is 17.5 Å². The monoisotopic (exact) mass is 637 g/mol. The molecule has 0 radical (unpaired) electrons. The van der Waals surface area contributed by atoms with E-state index in [1.807, 2.05) is 12.2 Å². The van der Waals surface area contributed by atoms with Gasteiger partial charge in [0.1, 0.15) is 23.2 Å². The fourth-order valence-electron chi connectivity index (χ4n) is 5.46. The molecule has 0 spiro atoms. The summed E-state index contributed by atoms with van der Waals surface area (Å²) < 4.78 is 35.3. The van der Waals surface area contributed by atoms with Crippen molar-refractivity contribution in [1.82, 2.24) is 20.3 Å². The lowest BCUT2D eigenvalue weighted by atomic mass is 10.0. The number of anilines is 1. The van der Waals surface area contributed by atoms with E-state index in [1.165, 1.54) is 29.2 Å². The third-order valence-electron chi connectivity index (χ3n) is 7.65. The number of amides is 4. The number of carbonyl (C=O) groups is 4. The summed E-state index contributed by atoms with van der Waals surface area (Å²) in [5.41, 5.74) is -2.04. The van der Waals surface area contributed by atoms with Crippen LogP contribution in [0.25, 0.3) is 0 Å². The molecular weight excluding hydrogens is 598 g/mol. The smallest absolute Gasteiger partial charge is 0.408 e. The fourth-order valence-corrected chi connectivity index (χ4v) is 6.50. The quantitative estimate of drug-likeness (QED) is 0.360. The highest BCUT2D eigenvalue weighted by atomic mass is 35.5. The highest BCUT2D eigenvalue weighted by Crippen LogP contribution is 2.45. The average molecular weight is 638 g/mol. The van der Waals surface area contributed by atoms with E-state index in [0.717, 1.165) is 12.8 Å². The van der Waals surface area contributed by atoms with Crippen LogP contribution < -0.4 is 20.1 Å². The van der Waals surface area contributed by atoms with Crippen molar-refractivity contribution < 1.29 is 32.3 Å². The van der Waals surface area contributed by atoms with E-state index in [4.69, 9.17) is 16.3 Å². The number of rotatable bonds is 5. The minimum absolute atomic E-state index is 0.204. The first-order valence-corrected chi connectivity index (χ1v) is 16.4. The molecule has 12 nitrogen and oxygen atoms in total. The van der Waals surface area contributed by atoms with Gasteiger partial charge in [-0.05, 0) is 83.6 Å². The van der Waals surface area contributed by atoms with Crippen LogP contribution in [0, 0.1) is 5.92 Å². The minimum Gasteiger partial charge on any atom is -0.444 e. The van der Waals surface area contributed by atoms with Crippen LogP contribution in [0.4, 0.5) is 10.5 Å². The summed E-state index contributed by atoms with van der Waals surface area (Å²) in [6.07, 6.45) is 7.57. The van der Waals surface area contributed by atoms with Gasteiger partial charge in [-0.15, -0.1) is 0 Å². The molecule has 4 amide bonds. The predicted molar refractivity (Wildman–Crippen MR) is 161 cm³/mol. The standard InChI is InChI=1S/C29H40ClN5O7S/c1-28(2,3)42-27(39)31-22-11-8-6-4-5-7-10-19-18-29(19,32-24(36)23-12-9-17-35(23)25(22)37)26(38)34-43(40,41)33-21-15-13-20(30)14-16-21/h7,10,13-16,19,22-23,33H,4-6,8-9,11-12,17-18H2,1-3H3,(H,31,39)(H,32,36)(H,34,38)/b10-7-/t19-,22-,23-,29+/m0/s1.